The zero-order chi connectivity index (χ0) is 19.9. The van der Waals surface area contributed by atoms with Crippen LogP contribution in [-0.2, 0) is 4.79 Å². The highest BCUT2D eigenvalue weighted by molar-refractivity contribution is 8.00. The fraction of sp³-hybridized carbons (Fsp3) is 0.190. The Morgan fingerprint density at radius 1 is 1.25 bits per heavy atom. The van der Waals surface area contributed by atoms with Crippen LogP contribution in [0.4, 0.5) is 0 Å². The number of hydrogen-bond acceptors (Lipinski definition) is 5. The highest BCUT2D eigenvalue weighted by atomic mass is 32.2. The van der Waals surface area contributed by atoms with Crippen molar-refractivity contribution >= 4 is 17.7 Å². The number of benzene rings is 2. The summed E-state index contributed by atoms with van der Waals surface area (Å²) >= 11 is 1.33. The molecular formula is C21H20N4O2S. The second kappa shape index (κ2) is 9.11. The van der Waals surface area contributed by atoms with Gasteiger partial charge in [0.25, 0.3) is 0 Å². The van der Waals surface area contributed by atoms with Crippen LogP contribution in [0.5, 0.6) is 5.75 Å². The van der Waals surface area contributed by atoms with Crippen LogP contribution in [0.3, 0.4) is 0 Å². The van der Waals surface area contributed by atoms with Crippen molar-refractivity contribution in [3.63, 3.8) is 0 Å². The number of terminal acetylenes is 1. The molecule has 0 aliphatic carbocycles. The van der Waals surface area contributed by atoms with Crippen molar-refractivity contribution in [2.75, 3.05) is 13.7 Å². The summed E-state index contributed by atoms with van der Waals surface area (Å²) in [4.78, 5) is 12.2. The molecule has 0 bridgehead atoms. The van der Waals surface area contributed by atoms with E-state index in [1.807, 2.05) is 66.1 Å². The van der Waals surface area contributed by atoms with Crippen molar-refractivity contribution in [1.29, 1.82) is 0 Å². The lowest BCUT2D eigenvalue weighted by Crippen LogP contribution is -2.31. The topological polar surface area (TPSA) is 69.0 Å². The van der Waals surface area contributed by atoms with E-state index in [0.717, 1.165) is 17.0 Å². The molecule has 7 heteroatoms. The number of thioether (sulfide) groups is 1. The summed E-state index contributed by atoms with van der Waals surface area (Å²) in [5, 5.41) is 11.7. The fourth-order valence-electron chi connectivity index (χ4n) is 2.60. The Morgan fingerprint density at radius 2 is 2.04 bits per heavy atom. The minimum atomic E-state index is -0.377. The van der Waals surface area contributed by atoms with Gasteiger partial charge in [-0.1, -0.05) is 48.0 Å². The molecule has 0 radical (unpaired) electrons. The molecule has 0 spiro atoms. The van der Waals surface area contributed by atoms with Crippen molar-refractivity contribution in [1.82, 2.24) is 20.1 Å². The first kappa shape index (κ1) is 19.5. The number of nitrogens with one attached hydrogen (secondary N) is 1. The predicted molar refractivity (Wildman–Crippen MR) is 111 cm³/mol. The minimum Gasteiger partial charge on any atom is -0.497 e. The van der Waals surface area contributed by atoms with E-state index in [1.165, 1.54) is 11.8 Å². The van der Waals surface area contributed by atoms with Crippen LogP contribution < -0.4 is 10.1 Å². The molecule has 1 unspecified atom stereocenters. The van der Waals surface area contributed by atoms with Gasteiger partial charge in [-0.05, 0) is 31.2 Å². The maximum absolute atomic E-state index is 12.2. The van der Waals surface area contributed by atoms with E-state index in [0.29, 0.717) is 11.0 Å². The Hall–Kier alpha value is -3.24. The lowest BCUT2D eigenvalue weighted by Gasteiger charge is -2.13. The number of rotatable bonds is 7. The quantitative estimate of drug-likeness (QED) is 0.494. The molecule has 0 aliphatic heterocycles. The van der Waals surface area contributed by atoms with Crippen LogP contribution in [0.15, 0.2) is 59.8 Å². The van der Waals surface area contributed by atoms with Crippen molar-refractivity contribution < 1.29 is 9.53 Å². The molecule has 0 aliphatic rings. The predicted octanol–water partition coefficient (Wildman–Crippen LogP) is 3.17. The van der Waals surface area contributed by atoms with Crippen LogP contribution in [0.2, 0.25) is 0 Å². The number of para-hydroxylation sites is 1. The highest BCUT2D eigenvalue weighted by Crippen LogP contribution is 2.31. The van der Waals surface area contributed by atoms with E-state index in [-0.39, 0.29) is 17.7 Å². The van der Waals surface area contributed by atoms with Gasteiger partial charge in [0.05, 0.1) is 18.9 Å². The average molecular weight is 392 g/mol. The second-order valence-electron chi connectivity index (χ2n) is 5.89. The van der Waals surface area contributed by atoms with E-state index in [9.17, 15) is 4.79 Å². The molecule has 142 valence electrons. The van der Waals surface area contributed by atoms with E-state index in [1.54, 1.807) is 7.11 Å². The van der Waals surface area contributed by atoms with E-state index in [2.05, 4.69) is 21.4 Å². The largest absolute Gasteiger partial charge is 0.497 e. The number of nitrogens with zero attached hydrogens (tertiary/aromatic N) is 3. The SMILES string of the molecule is C#CCNC(=O)C(C)Sc1nnc(-c2cccc(OC)c2)n1-c1ccccc1. The van der Waals surface area contributed by atoms with Crippen LogP contribution >= 0.6 is 11.8 Å². The number of hydrogen-bond donors (Lipinski definition) is 1. The van der Waals surface area contributed by atoms with Crippen LogP contribution in [0.25, 0.3) is 17.1 Å². The molecule has 1 heterocycles. The molecule has 0 saturated carbocycles. The van der Waals surface area contributed by atoms with Gasteiger partial charge in [-0.25, -0.2) is 0 Å². The molecule has 1 N–H and O–H groups in total. The lowest BCUT2D eigenvalue weighted by molar-refractivity contribution is -0.120. The van der Waals surface area contributed by atoms with Gasteiger partial charge in [0.1, 0.15) is 5.75 Å². The second-order valence-corrected chi connectivity index (χ2v) is 7.20. The first-order valence-corrected chi connectivity index (χ1v) is 9.55. The molecule has 1 aromatic heterocycles. The number of carbonyl (C=O) groups excluding carboxylic acids is 1. The number of amides is 1. The maximum Gasteiger partial charge on any atom is 0.234 e. The summed E-state index contributed by atoms with van der Waals surface area (Å²) < 4.78 is 7.27. The zero-order valence-electron chi connectivity index (χ0n) is 15.6. The Morgan fingerprint density at radius 3 is 2.75 bits per heavy atom. The number of methoxy groups -OCH3 is 1. The average Bonchev–Trinajstić information content (AvgIpc) is 3.16. The normalized spacial score (nSPS) is 11.5. The molecule has 1 amide bonds. The standard InChI is InChI=1S/C21H20N4O2S/c1-4-13-22-20(26)15(2)28-21-24-23-19(16-9-8-12-18(14-16)27-3)25(21)17-10-6-5-7-11-17/h1,5-12,14-15H,13H2,2-3H3,(H,22,26). The van der Waals surface area contributed by atoms with Crippen molar-refractivity contribution in [2.24, 2.45) is 0 Å². The number of aromatic nitrogens is 3. The summed E-state index contributed by atoms with van der Waals surface area (Å²) in [6.07, 6.45) is 5.21. The number of ether oxygens (including phenoxy) is 1. The third-order valence-electron chi connectivity index (χ3n) is 3.99. The van der Waals surface area contributed by atoms with Crippen LogP contribution in [0.1, 0.15) is 6.92 Å². The van der Waals surface area contributed by atoms with E-state index in [4.69, 9.17) is 11.2 Å². The molecule has 1 atom stereocenters. The Labute approximate surface area is 168 Å². The Balaban J connectivity index is 2.01. The molecule has 3 rings (SSSR count). The third-order valence-corrected chi connectivity index (χ3v) is 5.03. The molecule has 0 fully saturated rings. The molecule has 28 heavy (non-hydrogen) atoms. The van der Waals surface area contributed by atoms with Crippen molar-refractivity contribution in [3.05, 3.63) is 54.6 Å². The van der Waals surface area contributed by atoms with Gasteiger partial charge in [-0.15, -0.1) is 16.6 Å². The smallest absolute Gasteiger partial charge is 0.234 e. The van der Waals surface area contributed by atoms with Gasteiger partial charge in [0.15, 0.2) is 11.0 Å². The highest BCUT2D eigenvalue weighted by Gasteiger charge is 2.21. The molecular weight excluding hydrogens is 372 g/mol. The zero-order valence-corrected chi connectivity index (χ0v) is 16.4. The van der Waals surface area contributed by atoms with Gasteiger partial charge >= 0.3 is 0 Å². The van der Waals surface area contributed by atoms with Gasteiger partial charge in [-0.2, -0.15) is 0 Å². The molecule has 2 aromatic carbocycles. The van der Waals surface area contributed by atoms with Crippen LogP contribution in [-0.4, -0.2) is 39.6 Å². The number of carbonyl (C=O) groups is 1. The summed E-state index contributed by atoms with van der Waals surface area (Å²) in [7, 11) is 1.62. The summed E-state index contributed by atoms with van der Waals surface area (Å²) in [6, 6.07) is 17.4. The lowest BCUT2D eigenvalue weighted by atomic mass is 10.2. The Kier molecular flexibility index (Phi) is 6.35. The summed E-state index contributed by atoms with van der Waals surface area (Å²) in [5.74, 6) is 3.66. The maximum atomic E-state index is 12.2. The van der Waals surface area contributed by atoms with Crippen molar-refractivity contribution in [2.45, 2.75) is 17.3 Å². The molecule has 0 saturated heterocycles. The summed E-state index contributed by atoms with van der Waals surface area (Å²) in [6.45, 7) is 2.01. The minimum absolute atomic E-state index is 0.145. The Bertz CT molecular complexity index is 995. The first-order chi connectivity index (χ1) is 13.6. The van der Waals surface area contributed by atoms with Crippen molar-refractivity contribution in [3.8, 4) is 35.2 Å². The van der Waals surface area contributed by atoms with E-state index < -0.39 is 0 Å². The third kappa shape index (κ3) is 4.35. The van der Waals surface area contributed by atoms with Crippen LogP contribution in [0, 0.1) is 12.3 Å². The first-order valence-electron chi connectivity index (χ1n) is 8.67. The fourth-order valence-corrected chi connectivity index (χ4v) is 3.49. The van der Waals surface area contributed by atoms with E-state index >= 15 is 0 Å². The van der Waals surface area contributed by atoms with Gasteiger partial charge in [0, 0.05) is 11.3 Å². The monoisotopic (exact) mass is 392 g/mol. The van der Waals surface area contributed by atoms with Gasteiger partial charge in [0.2, 0.25) is 5.91 Å². The molecule has 6 nitrogen and oxygen atoms in total. The summed E-state index contributed by atoms with van der Waals surface area (Å²) in [5.41, 5.74) is 1.77. The molecule has 3 aromatic rings. The van der Waals surface area contributed by atoms with Gasteiger partial charge in [-0.3, -0.25) is 9.36 Å². The van der Waals surface area contributed by atoms with Gasteiger partial charge < -0.3 is 10.1 Å².